The average Bonchev–Trinajstić information content (AvgIpc) is 1.30. The van der Waals surface area contributed by atoms with E-state index >= 15 is 0 Å². The molecule has 0 radical (unpaired) electrons. The van der Waals surface area contributed by atoms with Crippen LogP contribution in [0.2, 0.25) is 0 Å². The second-order valence-electron chi connectivity index (χ2n) is 2.50. The zero-order valence-electron chi connectivity index (χ0n) is 5.44. The molecule has 0 aliphatic heterocycles. The Morgan fingerprint density at radius 3 is 1.86 bits per heavy atom. The quantitative estimate of drug-likeness (QED) is 0.304. The van der Waals surface area contributed by atoms with E-state index < -0.39 is 0 Å². The molecule has 2 nitrogen and oxygen atoms in total. The van der Waals surface area contributed by atoms with Gasteiger partial charge in [0.05, 0.1) is 20.6 Å². The zero-order valence-corrected chi connectivity index (χ0v) is 5.44. The molecule has 0 aromatic rings. The molecule has 44 valence electrons. The second-order valence-corrected chi connectivity index (χ2v) is 2.50. The normalized spacial score (nSPS) is 12.0. The Morgan fingerprint density at radius 1 is 1.43 bits per heavy atom. The van der Waals surface area contributed by atoms with Crippen molar-refractivity contribution in [1.82, 2.24) is 0 Å². The number of quaternary nitrogens is 1. The van der Waals surface area contributed by atoms with Crippen molar-refractivity contribution in [3.63, 3.8) is 0 Å². The van der Waals surface area contributed by atoms with Crippen molar-refractivity contribution in [2.45, 2.75) is 13.3 Å². The van der Waals surface area contributed by atoms with Crippen molar-refractivity contribution in [2.75, 3.05) is 20.6 Å². The predicted octanol–water partition coefficient (Wildman–Crippen LogP) is 0.347. The molecule has 0 bridgehead atoms. The number of hydrogen-bond donors (Lipinski definition) is 1. The molecule has 0 amide bonds. The summed E-state index contributed by atoms with van der Waals surface area (Å²) in [5.41, 5.74) is 0. The van der Waals surface area contributed by atoms with Crippen LogP contribution in [-0.4, -0.2) is 25.2 Å². The lowest BCUT2D eigenvalue weighted by Crippen LogP contribution is -2.46. The third-order valence-electron chi connectivity index (χ3n) is 0.800. The molecule has 0 aliphatic rings. The summed E-state index contributed by atoms with van der Waals surface area (Å²) in [7, 11) is 3.98. The van der Waals surface area contributed by atoms with E-state index in [-0.39, 0.29) is 0 Å². The Balaban J connectivity index is 3.15. The van der Waals surface area contributed by atoms with E-state index in [1.54, 1.807) is 0 Å². The molecule has 0 fully saturated rings. The van der Waals surface area contributed by atoms with Gasteiger partial charge in [-0.1, -0.05) is 6.92 Å². The lowest BCUT2D eigenvalue weighted by molar-refractivity contribution is -0.902. The lowest BCUT2D eigenvalue weighted by Gasteiger charge is -2.20. The molecule has 0 saturated heterocycles. The Labute approximate surface area is 45.5 Å². The van der Waals surface area contributed by atoms with Crippen LogP contribution in [0.5, 0.6) is 0 Å². The summed E-state index contributed by atoms with van der Waals surface area (Å²) in [6, 6.07) is 0. The van der Waals surface area contributed by atoms with Crippen molar-refractivity contribution in [1.29, 1.82) is 0 Å². The third-order valence-corrected chi connectivity index (χ3v) is 0.800. The first-order valence-corrected chi connectivity index (χ1v) is 2.68. The highest BCUT2D eigenvalue weighted by Gasteiger charge is 2.02. The minimum absolute atomic E-state index is 0.594. The van der Waals surface area contributed by atoms with Gasteiger partial charge < -0.3 is 0 Å². The van der Waals surface area contributed by atoms with Crippen LogP contribution in [-0.2, 0) is 0 Å². The summed E-state index contributed by atoms with van der Waals surface area (Å²) in [5, 5.41) is 0. The Bertz CT molecular complexity index is 44.5. The molecule has 0 unspecified atom stereocenters. The molecule has 0 saturated carbocycles. The van der Waals surface area contributed by atoms with Crippen LogP contribution in [0.4, 0.5) is 0 Å². The van der Waals surface area contributed by atoms with E-state index in [1.165, 1.54) is 0 Å². The summed E-state index contributed by atoms with van der Waals surface area (Å²) >= 11 is 0. The molecular formula is C5H15N2+. The van der Waals surface area contributed by atoms with E-state index in [4.69, 9.17) is 5.84 Å². The van der Waals surface area contributed by atoms with E-state index in [2.05, 4.69) is 6.92 Å². The van der Waals surface area contributed by atoms with Gasteiger partial charge in [0.1, 0.15) is 0 Å². The van der Waals surface area contributed by atoms with Gasteiger partial charge in [-0.2, -0.15) is 5.84 Å². The SMILES string of the molecule is CCC[N+](C)(C)N. The molecule has 0 aromatic heterocycles. The first kappa shape index (κ1) is 6.92. The first-order chi connectivity index (χ1) is 3.06. The van der Waals surface area contributed by atoms with Gasteiger partial charge in [-0.05, 0) is 6.42 Å². The molecule has 0 atom stereocenters. The number of nitrogens with two attached hydrogens (primary N) is 1. The second kappa shape index (κ2) is 2.28. The maximum Gasteiger partial charge on any atom is 0.0953 e. The predicted molar refractivity (Wildman–Crippen MR) is 31.5 cm³/mol. The van der Waals surface area contributed by atoms with Crippen molar-refractivity contribution >= 4 is 0 Å². The Morgan fingerprint density at radius 2 is 1.86 bits per heavy atom. The number of hydrogen-bond acceptors (Lipinski definition) is 1. The van der Waals surface area contributed by atoms with Gasteiger partial charge in [0, 0.05) is 0 Å². The van der Waals surface area contributed by atoms with Gasteiger partial charge in [0.15, 0.2) is 0 Å². The summed E-state index contributed by atoms with van der Waals surface area (Å²) in [5.74, 6) is 5.58. The number of rotatable bonds is 2. The zero-order chi connectivity index (χ0) is 5.91. The largest absolute Gasteiger partial charge is 0.253 e. The summed E-state index contributed by atoms with van der Waals surface area (Å²) < 4.78 is 0.594. The average molecular weight is 103 g/mol. The van der Waals surface area contributed by atoms with Crippen molar-refractivity contribution < 1.29 is 4.59 Å². The molecule has 0 rings (SSSR count). The third kappa shape index (κ3) is 5.92. The van der Waals surface area contributed by atoms with Crippen LogP contribution in [0.25, 0.3) is 0 Å². The highest BCUT2D eigenvalue weighted by molar-refractivity contribution is 4.18. The highest BCUT2D eigenvalue weighted by atomic mass is 15.5. The van der Waals surface area contributed by atoms with Crippen LogP contribution >= 0.6 is 0 Å². The van der Waals surface area contributed by atoms with Crippen molar-refractivity contribution in [2.24, 2.45) is 5.84 Å². The molecular weight excluding hydrogens is 88.1 g/mol. The maximum atomic E-state index is 5.58. The van der Waals surface area contributed by atoms with Crippen LogP contribution in [0.15, 0.2) is 0 Å². The van der Waals surface area contributed by atoms with Crippen LogP contribution < -0.4 is 5.84 Å². The topological polar surface area (TPSA) is 26.0 Å². The number of nitrogens with zero attached hydrogens (tertiary/aromatic N) is 1. The Kier molecular flexibility index (Phi) is 2.26. The highest BCUT2D eigenvalue weighted by Crippen LogP contribution is 1.85. The molecule has 2 N–H and O–H groups in total. The van der Waals surface area contributed by atoms with E-state index in [1.807, 2.05) is 14.1 Å². The van der Waals surface area contributed by atoms with Gasteiger partial charge in [0.25, 0.3) is 0 Å². The summed E-state index contributed by atoms with van der Waals surface area (Å²) in [4.78, 5) is 0. The minimum Gasteiger partial charge on any atom is -0.253 e. The molecule has 0 heterocycles. The van der Waals surface area contributed by atoms with Gasteiger partial charge in [0.2, 0.25) is 0 Å². The molecule has 0 spiro atoms. The molecule has 0 aliphatic carbocycles. The molecule has 0 aromatic carbocycles. The fraction of sp³-hybridized carbons (Fsp3) is 1.00. The lowest BCUT2D eigenvalue weighted by atomic mass is 10.4. The standard InChI is InChI=1S/C5H15N2/c1-4-5-7(2,3)6/h4-6H2,1-3H3/q+1. The summed E-state index contributed by atoms with van der Waals surface area (Å²) in [6.07, 6.45) is 1.16. The van der Waals surface area contributed by atoms with Crippen molar-refractivity contribution in [3.05, 3.63) is 0 Å². The van der Waals surface area contributed by atoms with Gasteiger partial charge in [-0.25, -0.2) is 0 Å². The van der Waals surface area contributed by atoms with Crippen molar-refractivity contribution in [3.8, 4) is 0 Å². The van der Waals surface area contributed by atoms with Gasteiger partial charge in [-0.3, -0.25) is 4.59 Å². The van der Waals surface area contributed by atoms with E-state index in [9.17, 15) is 0 Å². The fourth-order valence-electron chi connectivity index (χ4n) is 0.576. The van der Waals surface area contributed by atoms with Gasteiger partial charge in [-0.15, -0.1) is 0 Å². The van der Waals surface area contributed by atoms with Crippen LogP contribution in [0.3, 0.4) is 0 Å². The molecule has 2 heteroatoms. The smallest absolute Gasteiger partial charge is 0.0953 e. The summed E-state index contributed by atoms with van der Waals surface area (Å²) in [6.45, 7) is 3.19. The Hall–Kier alpha value is -0.0800. The minimum atomic E-state index is 0.594. The van der Waals surface area contributed by atoms with E-state index in [0.29, 0.717) is 4.59 Å². The molecule has 7 heavy (non-hydrogen) atoms. The maximum absolute atomic E-state index is 5.58. The van der Waals surface area contributed by atoms with Crippen LogP contribution in [0, 0.1) is 0 Å². The fourth-order valence-corrected chi connectivity index (χ4v) is 0.576. The van der Waals surface area contributed by atoms with E-state index in [0.717, 1.165) is 13.0 Å². The van der Waals surface area contributed by atoms with Crippen LogP contribution in [0.1, 0.15) is 13.3 Å². The first-order valence-electron chi connectivity index (χ1n) is 2.68. The monoisotopic (exact) mass is 103 g/mol. The van der Waals surface area contributed by atoms with Gasteiger partial charge >= 0.3 is 0 Å².